The molecule has 0 spiro atoms. The van der Waals surface area contributed by atoms with E-state index in [9.17, 15) is 18.3 Å². The summed E-state index contributed by atoms with van der Waals surface area (Å²) in [6, 6.07) is 9.56. The summed E-state index contributed by atoms with van der Waals surface area (Å²) in [5.41, 5.74) is -0.421. The summed E-state index contributed by atoms with van der Waals surface area (Å²) in [5.74, 6) is 0. The van der Waals surface area contributed by atoms with Crippen LogP contribution in [0.2, 0.25) is 0 Å². The Balaban J connectivity index is 2.73. The van der Waals surface area contributed by atoms with Crippen molar-refractivity contribution in [1.82, 2.24) is 4.90 Å². The Morgan fingerprint density at radius 3 is 2.27 bits per heavy atom. The summed E-state index contributed by atoms with van der Waals surface area (Å²) in [6.45, 7) is 9.18. The van der Waals surface area contributed by atoms with Gasteiger partial charge in [-0.05, 0) is 26.3 Å². The summed E-state index contributed by atoms with van der Waals surface area (Å²) >= 11 is 0. The van der Waals surface area contributed by atoms with Crippen LogP contribution in [0.1, 0.15) is 40.2 Å². The van der Waals surface area contributed by atoms with Crippen molar-refractivity contribution in [3.05, 3.63) is 35.9 Å². The summed E-state index contributed by atoms with van der Waals surface area (Å²) in [6.07, 6.45) is -0.562. The number of carbonyl (C=O) groups excluding carboxylic acids is 1. The molecule has 0 aliphatic heterocycles. The van der Waals surface area contributed by atoms with Crippen LogP contribution in [0, 0.1) is 5.41 Å². The van der Waals surface area contributed by atoms with Gasteiger partial charge in [-0.1, -0.05) is 44.2 Å². The molecule has 0 aliphatic carbocycles. The van der Waals surface area contributed by atoms with Gasteiger partial charge in [-0.25, -0.2) is 4.79 Å². The van der Waals surface area contributed by atoms with Crippen LogP contribution in [-0.2, 0) is 30.4 Å². The first-order chi connectivity index (χ1) is 13.7. The molecule has 0 heterocycles. The third-order valence-corrected chi connectivity index (χ3v) is 4.33. The highest BCUT2D eigenvalue weighted by Crippen LogP contribution is 2.21. The second kappa shape index (κ2) is 11.1. The van der Waals surface area contributed by atoms with Gasteiger partial charge in [0.1, 0.15) is 5.60 Å². The number of amides is 1. The van der Waals surface area contributed by atoms with Crippen molar-refractivity contribution in [1.29, 1.82) is 0 Å². The van der Waals surface area contributed by atoms with E-state index >= 15 is 0 Å². The first-order valence-electron chi connectivity index (χ1n) is 9.79. The predicted octanol–water partition coefficient (Wildman–Crippen LogP) is 2.80. The summed E-state index contributed by atoms with van der Waals surface area (Å²) < 4.78 is 38.5. The number of hydrogen-bond acceptors (Lipinski definition) is 7. The van der Waals surface area contributed by atoms with Crippen molar-refractivity contribution in [3.63, 3.8) is 0 Å². The Bertz CT molecular complexity index is 757. The van der Waals surface area contributed by atoms with E-state index in [1.54, 1.807) is 34.6 Å². The van der Waals surface area contributed by atoms with Gasteiger partial charge in [0, 0.05) is 12.0 Å². The molecule has 1 amide bonds. The molecular weight excluding hydrogens is 410 g/mol. The fourth-order valence-electron chi connectivity index (χ4n) is 2.55. The molecule has 0 aliphatic rings. The van der Waals surface area contributed by atoms with E-state index in [1.165, 1.54) is 4.90 Å². The molecule has 0 saturated carbocycles. The van der Waals surface area contributed by atoms with Gasteiger partial charge in [-0.15, -0.1) is 0 Å². The van der Waals surface area contributed by atoms with Gasteiger partial charge in [0.2, 0.25) is 0 Å². The van der Waals surface area contributed by atoms with E-state index in [-0.39, 0.29) is 26.3 Å². The average molecular weight is 446 g/mol. The maximum Gasteiger partial charge on any atom is 0.410 e. The molecule has 0 unspecified atom stereocenters. The van der Waals surface area contributed by atoms with Crippen molar-refractivity contribution < 1.29 is 32.0 Å². The Hall–Kier alpha value is -1.68. The Morgan fingerprint density at radius 2 is 1.73 bits per heavy atom. The van der Waals surface area contributed by atoms with Crippen molar-refractivity contribution in [2.24, 2.45) is 5.41 Å². The Labute approximate surface area is 180 Å². The molecule has 0 bridgehead atoms. The number of rotatable bonds is 11. The first kappa shape index (κ1) is 26.4. The molecule has 9 heteroatoms. The molecule has 1 aromatic carbocycles. The number of benzene rings is 1. The number of aliphatic hydroxyl groups excluding tert-OH is 1. The molecule has 0 fully saturated rings. The monoisotopic (exact) mass is 445 g/mol. The molecule has 172 valence electrons. The van der Waals surface area contributed by atoms with Crippen LogP contribution in [0.15, 0.2) is 30.3 Å². The fourth-order valence-corrected chi connectivity index (χ4v) is 3.09. The van der Waals surface area contributed by atoms with E-state index in [0.717, 1.165) is 11.8 Å². The third-order valence-electron chi connectivity index (χ3n) is 3.79. The summed E-state index contributed by atoms with van der Waals surface area (Å²) in [4.78, 5) is 14.0. The molecular formula is C21H35NO7S. The number of hydrogen-bond donors (Lipinski definition) is 1. The molecule has 1 atom stereocenters. The van der Waals surface area contributed by atoms with E-state index in [4.69, 9.17) is 13.7 Å². The largest absolute Gasteiger partial charge is 0.444 e. The normalized spacial score (nSPS) is 13.7. The second-order valence-corrected chi connectivity index (χ2v) is 10.8. The zero-order valence-corrected chi connectivity index (χ0v) is 19.6. The van der Waals surface area contributed by atoms with E-state index < -0.39 is 33.3 Å². The number of ether oxygens (including phenoxy) is 2. The van der Waals surface area contributed by atoms with Crippen LogP contribution >= 0.6 is 0 Å². The second-order valence-electron chi connectivity index (χ2n) is 9.15. The van der Waals surface area contributed by atoms with E-state index in [0.29, 0.717) is 6.61 Å². The van der Waals surface area contributed by atoms with Crippen molar-refractivity contribution in [2.75, 3.05) is 32.6 Å². The van der Waals surface area contributed by atoms with E-state index in [1.807, 2.05) is 30.3 Å². The van der Waals surface area contributed by atoms with Crippen LogP contribution in [0.5, 0.6) is 0 Å². The van der Waals surface area contributed by atoms with Crippen LogP contribution in [-0.4, -0.2) is 68.8 Å². The van der Waals surface area contributed by atoms with Crippen LogP contribution in [0.3, 0.4) is 0 Å². The molecule has 1 aromatic rings. The highest BCUT2D eigenvalue weighted by Gasteiger charge is 2.31. The SMILES string of the molecule is CC(C)(COS(C)(=O)=O)CN(C[C@H](O)COCc1ccccc1)C(=O)OC(C)(C)C. The zero-order valence-electron chi connectivity index (χ0n) is 18.8. The lowest BCUT2D eigenvalue weighted by Gasteiger charge is -2.34. The number of nitrogens with zero attached hydrogens (tertiary/aromatic N) is 1. The topological polar surface area (TPSA) is 102 Å². The van der Waals surface area contributed by atoms with Gasteiger partial charge >= 0.3 is 6.09 Å². The van der Waals surface area contributed by atoms with Gasteiger partial charge in [-0.2, -0.15) is 8.42 Å². The molecule has 8 nitrogen and oxygen atoms in total. The quantitative estimate of drug-likeness (QED) is 0.523. The third kappa shape index (κ3) is 12.1. The maximum absolute atomic E-state index is 12.7. The van der Waals surface area contributed by atoms with Crippen molar-refractivity contribution in [2.45, 2.75) is 52.9 Å². The molecule has 30 heavy (non-hydrogen) atoms. The lowest BCUT2D eigenvalue weighted by atomic mass is 9.94. The molecule has 0 aromatic heterocycles. The zero-order chi connectivity index (χ0) is 23.0. The molecule has 1 N–H and O–H groups in total. The molecule has 0 radical (unpaired) electrons. The predicted molar refractivity (Wildman–Crippen MR) is 114 cm³/mol. The number of carbonyl (C=O) groups is 1. The lowest BCUT2D eigenvalue weighted by Crippen LogP contribution is -2.47. The lowest BCUT2D eigenvalue weighted by molar-refractivity contribution is -0.0173. The minimum absolute atomic E-state index is 0.0218. The van der Waals surface area contributed by atoms with Crippen LogP contribution in [0.25, 0.3) is 0 Å². The Kier molecular flexibility index (Phi) is 9.74. The fraction of sp³-hybridized carbons (Fsp3) is 0.667. The maximum atomic E-state index is 12.7. The van der Waals surface area contributed by atoms with Gasteiger partial charge in [0.25, 0.3) is 10.1 Å². The smallest absolute Gasteiger partial charge is 0.410 e. The summed E-state index contributed by atoms with van der Waals surface area (Å²) in [7, 11) is -3.61. The standard InChI is InChI=1S/C21H35NO7S/c1-20(2,3)29-19(24)22(15-21(4,5)16-28-30(6,25)26)12-18(23)14-27-13-17-10-8-7-9-11-17/h7-11,18,23H,12-16H2,1-6H3/t18-/m0/s1. The van der Waals surface area contributed by atoms with Gasteiger partial charge in [-0.3, -0.25) is 4.18 Å². The van der Waals surface area contributed by atoms with Gasteiger partial charge in [0.05, 0.1) is 38.7 Å². The first-order valence-corrected chi connectivity index (χ1v) is 11.6. The van der Waals surface area contributed by atoms with Crippen LogP contribution < -0.4 is 0 Å². The van der Waals surface area contributed by atoms with E-state index in [2.05, 4.69) is 0 Å². The van der Waals surface area contributed by atoms with Gasteiger partial charge in [0.15, 0.2) is 0 Å². The van der Waals surface area contributed by atoms with Crippen molar-refractivity contribution >= 4 is 16.2 Å². The highest BCUT2D eigenvalue weighted by atomic mass is 32.2. The van der Waals surface area contributed by atoms with Crippen LogP contribution in [0.4, 0.5) is 4.79 Å². The minimum Gasteiger partial charge on any atom is -0.444 e. The minimum atomic E-state index is -3.61. The number of aliphatic hydroxyl groups is 1. The van der Waals surface area contributed by atoms with Gasteiger partial charge < -0.3 is 19.5 Å². The van der Waals surface area contributed by atoms with Crippen molar-refractivity contribution in [3.8, 4) is 0 Å². The average Bonchev–Trinajstić information content (AvgIpc) is 2.58. The molecule has 0 saturated heterocycles. The summed E-state index contributed by atoms with van der Waals surface area (Å²) in [5, 5.41) is 10.4. The Morgan fingerprint density at radius 1 is 1.13 bits per heavy atom. The highest BCUT2D eigenvalue weighted by molar-refractivity contribution is 7.85. The molecule has 1 rings (SSSR count).